The van der Waals surface area contributed by atoms with Crippen LogP contribution in [0.5, 0.6) is 0 Å². The van der Waals surface area contributed by atoms with Gasteiger partial charge in [0.2, 0.25) is 0 Å². The lowest BCUT2D eigenvalue weighted by atomic mass is 10.2. The number of benzene rings is 1. The maximum atomic E-state index is 13.0. The Hall–Kier alpha value is -1.59. The molecule has 1 aliphatic rings. The van der Waals surface area contributed by atoms with Crippen LogP contribution in [0.15, 0.2) is 52.5 Å². The van der Waals surface area contributed by atoms with Gasteiger partial charge < -0.3 is 20.3 Å². The average molecular weight is 559 g/mol. The Labute approximate surface area is 205 Å². The van der Waals surface area contributed by atoms with Crippen molar-refractivity contribution in [2.45, 2.75) is 24.8 Å². The Morgan fingerprint density at radius 1 is 1.19 bits per heavy atom. The van der Waals surface area contributed by atoms with Gasteiger partial charge in [-0.05, 0) is 49.4 Å². The first-order chi connectivity index (χ1) is 14.8. The van der Waals surface area contributed by atoms with E-state index in [1.807, 2.05) is 24.4 Å². The molecule has 1 aromatic carbocycles. The maximum absolute atomic E-state index is 13.0. The summed E-state index contributed by atoms with van der Waals surface area (Å²) in [6.07, 6.45) is 2.82. The number of thioether (sulfide) groups is 1. The third kappa shape index (κ3) is 8.82. The molecule has 9 heteroatoms. The third-order valence-electron chi connectivity index (χ3n) is 4.63. The number of nitrogens with zero attached hydrogens (tertiary/aromatic N) is 3. The van der Waals surface area contributed by atoms with Crippen LogP contribution in [-0.4, -0.2) is 56.1 Å². The molecule has 2 heterocycles. The number of hydrogen-bond acceptors (Lipinski definition) is 5. The van der Waals surface area contributed by atoms with E-state index in [1.54, 1.807) is 11.8 Å². The fraction of sp³-hybridized carbons (Fsp3) is 0.455. The van der Waals surface area contributed by atoms with Crippen LogP contribution in [0.4, 0.5) is 10.2 Å². The summed E-state index contributed by atoms with van der Waals surface area (Å²) in [4.78, 5) is 12.7. The van der Waals surface area contributed by atoms with Gasteiger partial charge >= 0.3 is 0 Å². The normalized spacial score (nSPS) is 14.1. The number of nitrogens with one attached hydrogen (secondary N) is 2. The average Bonchev–Trinajstić information content (AvgIpc) is 2.79. The highest BCUT2D eigenvalue weighted by Gasteiger charge is 2.15. The van der Waals surface area contributed by atoms with Gasteiger partial charge in [0.05, 0.1) is 19.8 Å². The molecular weight excluding hydrogens is 528 g/mol. The molecule has 0 bridgehead atoms. The van der Waals surface area contributed by atoms with Crippen molar-refractivity contribution >= 4 is 47.5 Å². The van der Waals surface area contributed by atoms with Crippen LogP contribution >= 0.6 is 35.7 Å². The quantitative estimate of drug-likeness (QED) is 0.160. The van der Waals surface area contributed by atoms with E-state index < -0.39 is 0 Å². The van der Waals surface area contributed by atoms with Crippen molar-refractivity contribution in [2.75, 3.05) is 50.0 Å². The highest BCUT2D eigenvalue weighted by atomic mass is 127. The van der Waals surface area contributed by atoms with E-state index in [0.29, 0.717) is 6.54 Å². The summed E-state index contributed by atoms with van der Waals surface area (Å²) in [5, 5.41) is 6.70. The fourth-order valence-electron chi connectivity index (χ4n) is 3.12. The van der Waals surface area contributed by atoms with E-state index in [-0.39, 0.29) is 29.8 Å². The predicted octanol–water partition coefficient (Wildman–Crippen LogP) is 3.91. The van der Waals surface area contributed by atoms with Crippen LogP contribution < -0.4 is 15.5 Å². The molecule has 0 radical (unpaired) electrons. The zero-order chi connectivity index (χ0) is 21.0. The number of guanidine groups is 1. The largest absolute Gasteiger partial charge is 0.378 e. The zero-order valence-corrected chi connectivity index (χ0v) is 21.0. The van der Waals surface area contributed by atoms with Crippen molar-refractivity contribution in [2.24, 2.45) is 4.99 Å². The van der Waals surface area contributed by atoms with Gasteiger partial charge in [-0.2, -0.15) is 0 Å². The molecule has 31 heavy (non-hydrogen) atoms. The molecule has 1 saturated heterocycles. The standard InChI is InChI=1S/C22H30FN5OS.HI/c1-2-24-22(26-11-4-16-30-20-8-6-19(23)7-9-20)27-17-18-5-3-10-25-21(18)28-12-14-29-15-13-28;/h3,5-10H,2,4,11-17H2,1H3,(H2,24,26,27);1H. The van der Waals surface area contributed by atoms with Crippen molar-refractivity contribution in [1.82, 2.24) is 15.6 Å². The third-order valence-corrected chi connectivity index (χ3v) is 5.72. The Bertz CT molecular complexity index is 803. The summed E-state index contributed by atoms with van der Waals surface area (Å²) in [6, 6.07) is 10.7. The number of morpholine rings is 1. The van der Waals surface area contributed by atoms with E-state index in [9.17, 15) is 4.39 Å². The van der Waals surface area contributed by atoms with Crippen molar-refractivity contribution in [3.05, 3.63) is 54.0 Å². The summed E-state index contributed by atoms with van der Waals surface area (Å²) in [5.41, 5.74) is 1.11. The fourth-order valence-corrected chi connectivity index (χ4v) is 3.97. The van der Waals surface area contributed by atoms with Crippen molar-refractivity contribution < 1.29 is 9.13 Å². The summed E-state index contributed by atoms with van der Waals surface area (Å²) >= 11 is 1.73. The summed E-state index contributed by atoms with van der Waals surface area (Å²) in [5.74, 6) is 2.57. The number of hydrogen-bond donors (Lipinski definition) is 2. The van der Waals surface area contributed by atoms with Crippen LogP contribution in [0.25, 0.3) is 0 Å². The maximum Gasteiger partial charge on any atom is 0.191 e. The molecule has 1 aromatic heterocycles. The number of halogens is 2. The summed E-state index contributed by atoms with van der Waals surface area (Å²) < 4.78 is 18.4. The molecule has 6 nitrogen and oxygen atoms in total. The van der Waals surface area contributed by atoms with E-state index >= 15 is 0 Å². The SMILES string of the molecule is CCNC(=NCc1cccnc1N1CCOCC1)NCCCSc1ccc(F)cc1.I. The topological polar surface area (TPSA) is 61.8 Å². The Morgan fingerprint density at radius 2 is 1.97 bits per heavy atom. The van der Waals surface area contributed by atoms with Gasteiger partial charge in [0.25, 0.3) is 0 Å². The van der Waals surface area contributed by atoms with E-state index in [4.69, 9.17) is 9.73 Å². The number of anilines is 1. The molecule has 0 aliphatic carbocycles. The molecule has 1 fully saturated rings. The molecule has 0 atom stereocenters. The van der Waals surface area contributed by atoms with Crippen LogP contribution in [0, 0.1) is 5.82 Å². The highest BCUT2D eigenvalue weighted by molar-refractivity contribution is 14.0. The number of rotatable bonds is 9. The Kier molecular flexibility index (Phi) is 12.0. The van der Waals surface area contributed by atoms with E-state index in [0.717, 1.165) is 73.8 Å². The molecule has 170 valence electrons. The molecule has 1 aliphatic heterocycles. The second kappa shape index (κ2) is 14.5. The monoisotopic (exact) mass is 559 g/mol. The predicted molar refractivity (Wildman–Crippen MR) is 137 cm³/mol. The van der Waals surface area contributed by atoms with Gasteiger partial charge in [-0.1, -0.05) is 6.07 Å². The second-order valence-electron chi connectivity index (χ2n) is 6.86. The number of aromatic nitrogens is 1. The lowest BCUT2D eigenvalue weighted by Gasteiger charge is -2.29. The van der Waals surface area contributed by atoms with Gasteiger partial charge in [-0.3, -0.25) is 0 Å². The first-order valence-corrected chi connectivity index (χ1v) is 11.4. The molecule has 2 N–H and O–H groups in total. The molecule has 3 rings (SSSR count). The Balaban J connectivity index is 0.00000341. The second-order valence-corrected chi connectivity index (χ2v) is 8.03. The molecular formula is C22H31FIN5OS. The highest BCUT2D eigenvalue weighted by Crippen LogP contribution is 2.20. The molecule has 0 saturated carbocycles. The van der Waals surface area contributed by atoms with Crippen LogP contribution in [0.3, 0.4) is 0 Å². The van der Waals surface area contributed by atoms with Crippen LogP contribution in [-0.2, 0) is 11.3 Å². The zero-order valence-electron chi connectivity index (χ0n) is 17.8. The summed E-state index contributed by atoms with van der Waals surface area (Å²) in [7, 11) is 0. The van der Waals surface area contributed by atoms with Gasteiger partial charge in [0.1, 0.15) is 11.6 Å². The minimum Gasteiger partial charge on any atom is -0.378 e. The minimum atomic E-state index is -0.196. The van der Waals surface area contributed by atoms with Crippen molar-refractivity contribution in [1.29, 1.82) is 0 Å². The minimum absolute atomic E-state index is 0. The molecule has 2 aromatic rings. The molecule has 0 spiro atoms. The number of ether oxygens (including phenoxy) is 1. The van der Waals surface area contributed by atoms with Gasteiger partial charge in [0, 0.05) is 42.8 Å². The van der Waals surface area contributed by atoms with Gasteiger partial charge in [0.15, 0.2) is 5.96 Å². The molecule has 0 amide bonds. The van der Waals surface area contributed by atoms with Crippen molar-refractivity contribution in [3.63, 3.8) is 0 Å². The van der Waals surface area contributed by atoms with Crippen molar-refractivity contribution in [3.8, 4) is 0 Å². The van der Waals surface area contributed by atoms with Gasteiger partial charge in [-0.25, -0.2) is 14.4 Å². The lowest BCUT2D eigenvalue weighted by molar-refractivity contribution is 0.122. The number of pyridine rings is 1. The Morgan fingerprint density at radius 3 is 2.71 bits per heavy atom. The van der Waals surface area contributed by atoms with E-state index in [1.165, 1.54) is 12.1 Å². The lowest BCUT2D eigenvalue weighted by Crippen LogP contribution is -2.38. The first-order valence-electron chi connectivity index (χ1n) is 10.4. The van der Waals surface area contributed by atoms with E-state index in [2.05, 4.69) is 33.5 Å². The van der Waals surface area contributed by atoms with Gasteiger partial charge in [-0.15, -0.1) is 35.7 Å². The van der Waals surface area contributed by atoms with Crippen LogP contribution in [0.1, 0.15) is 18.9 Å². The molecule has 0 unspecified atom stereocenters. The summed E-state index contributed by atoms with van der Waals surface area (Å²) in [6.45, 7) is 7.45. The van der Waals surface area contributed by atoms with Crippen LogP contribution in [0.2, 0.25) is 0 Å². The number of aliphatic imine (C=N–C) groups is 1. The first kappa shape index (κ1) is 25.7. The smallest absolute Gasteiger partial charge is 0.191 e.